The molecule has 1 N–H and O–H groups in total. The smallest absolute Gasteiger partial charge is 0.250 e. The maximum Gasteiger partial charge on any atom is 0.250 e. The fraction of sp³-hybridized carbons (Fsp3) is 0.278. The van der Waals surface area contributed by atoms with Crippen LogP contribution in [0.1, 0.15) is 11.1 Å². The molecule has 0 radical (unpaired) electrons. The predicted octanol–water partition coefficient (Wildman–Crippen LogP) is 1.56. The third kappa shape index (κ3) is 4.32. The number of pyridine rings is 1. The molecule has 0 bridgehead atoms. The molecule has 0 unspecified atom stereocenters. The van der Waals surface area contributed by atoms with Crippen LogP contribution in [0.25, 0.3) is 0 Å². The van der Waals surface area contributed by atoms with Gasteiger partial charge in [0.25, 0.3) is 5.56 Å². The van der Waals surface area contributed by atoms with E-state index in [4.69, 9.17) is 0 Å². The van der Waals surface area contributed by atoms with Gasteiger partial charge < -0.3 is 14.8 Å². The second-order valence-corrected chi connectivity index (χ2v) is 5.73. The van der Waals surface area contributed by atoms with Crippen LogP contribution in [0.3, 0.4) is 0 Å². The van der Waals surface area contributed by atoms with Crippen LogP contribution in [-0.2, 0) is 16.1 Å². The van der Waals surface area contributed by atoms with Crippen molar-refractivity contribution in [1.82, 2.24) is 9.47 Å². The minimum absolute atomic E-state index is 0.0752. The number of anilines is 1. The molecule has 2 rings (SSSR count). The van der Waals surface area contributed by atoms with Gasteiger partial charge in [-0.2, -0.15) is 0 Å². The van der Waals surface area contributed by atoms with E-state index in [9.17, 15) is 14.4 Å². The molecule has 0 aliphatic heterocycles. The summed E-state index contributed by atoms with van der Waals surface area (Å²) < 4.78 is 1.31. The summed E-state index contributed by atoms with van der Waals surface area (Å²) in [6.07, 6.45) is 1.55. The van der Waals surface area contributed by atoms with Gasteiger partial charge in [0.15, 0.2) is 0 Å². The number of nitrogens with zero attached hydrogens (tertiary/aromatic N) is 2. The molecule has 0 saturated carbocycles. The summed E-state index contributed by atoms with van der Waals surface area (Å²) in [5.74, 6) is -0.580. The van der Waals surface area contributed by atoms with Crippen molar-refractivity contribution >= 4 is 17.5 Å². The van der Waals surface area contributed by atoms with Gasteiger partial charge >= 0.3 is 0 Å². The highest BCUT2D eigenvalue weighted by atomic mass is 16.2. The van der Waals surface area contributed by atoms with Crippen LogP contribution in [0.4, 0.5) is 5.69 Å². The number of rotatable bonds is 5. The van der Waals surface area contributed by atoms with Crippen molar-refractivity contribution in [3.63, 3.8) is 0 Å². The number of carbonyl (C=O) groups excluding carboxylic acids is 2. The number of carbonyl (C=O) groups is 2. The minimum Gasteiger partial charge on any atom is -0.335 e. The number of hydrogen-bond acceptors (Lipinski definition) is 3. The normalized spacial score (nSPS) is 10.3. The second-order valence-electron chi connectivity index (χ2n) is 5.73. The molecule has 2 amide bonds. The largest absolute Gasteiger partial charge is 0.335 e. The van der Waals surface area contributed by atoms with Gasteiger partial charge in [-0.25, -0.2) is 0 Å². The van der Waals surface area contributed by atoms with E-state index < -0.39 is 0 Å². The van der Waals surface area contributed by atoms with Crippen LogP contribution in [0, 0.1) is 13.8 Å². The Bertz CT molecular complexity index is 791. The first-order chi connectivity index (χ1) is 11.4. The molecule has 0 aliphatic carbocycles. The van der Waals surface area contributed by atoms with Crippen molar-refractivity contribution in [3.8, 4) is 0 Å². The topological polar surface area (TPSA) is 71.4 Å². The van der Waals surface area contributed by atoms with Crippen LogP contribution in [0.15, 0.2) is 47.4 Å². The lowest BCUT2D eigenvalue weighted by Crippen LogP contribution is -2.38. The Morgan fingerprint density at radius 3 is 2.38 bits per heavy atom. The Hall–Kier alpha value is -2.89. The molecule has 0 fully saturated rings. The average molecular weight is 327 g/mol. The molecule has 1 aromatic carbocycles. The summed E-state index contributed by atoms with van der Waals surface area (Å²) >= 11 is 0. The minimum atomic E-state index is -0.306. The molecule has 1 heterocycles. The summed E-state index contributed by atoms with van der Waals surface area (Å²) in [4.78, 5) is 37.3. The van der Waals surface area contributed by atoms with Gasteiger partial charge in [0, 0.05) is 25.0 Å². The van der Waals surface area contributed by atoms with E-state index in [2.05, 4.69) is 5.32 Å². The molecule has 2 aromatic rings. The quantitative estimate of drug-likeness (QED) is 0.906. The lowest BCUT2D eigenvalue weighted by atomic mass is 10.1. The molecule has 126 valence electrons. The molecule has 1 aromatic heterocycles. The fourth-order valence-electron chi connectivity index (χ4n) is 2.35. The number of amides is 2. The number of aromatic nitrogens is 1. The highest BCUT2D eigenvalue weighted by molar-refractivity contribution is 5.95. The third-order valence-corrected chi connectivity index (χ3v) is 3.76. The Morgan fingerprint density at radius 2 is 1.75 bits per heavy atom. The number of likely N-dealkylation sites (N-methyl/N-ethyl adjacent to an activating group) is 1. The van der Waals surface area contributed by atoms with E-state index in [0.717, 1.165) is 16.8 Å². The van der Waals surface area contributed by atoms with Crippen LogP contribution in [0.5, 0.6) is 0 Å². The van der Waals surface area contributed by atoms with E-state index in [1.807, 2.05) is 32.0 Å². The molecule has 6 nitrogen and oxygen atoms in total. The van der Waals surface area contributed by atoms with E-state index in [1.165, 1.54) is 15.5 Å². The van der Waals surface area contributed by atoms with Crippen LogP contribution in [0.2, 0.25) is 0 Å². The van der Waals surface area contributed by atoms with Gasteiger partial charge in [-0.05, 0) is 31.0 Å². The predicted molar refractivity (Wildman–Crippen MR) is 92.9 cm³/mol. The Kier molecular flexibility index (Phi) is 5.52. The van der Waals surface area contributed by atoms with Crippen molar-refractivity contribution in [2.24, 2.45) is 0 Å². The number of hydrogen-bond donors (Lipinski definition) is 1. The molecule has 0 saturated heterocycles. The average Bonchev–Trinajstić information content (AvgIpc) is 2.53. The van der Waals surface area contributed by atoms with Crippen molar-refractivity contribution in [3.05, 3.63) is 64.1 Å². The Morgan fingerprint density at radius 1 is 1.08 bits per heavy atom. The summed E-state index contributed by atoms with van der Waals surface area (Å²) in [5.41, 5.74) is 2.45. The van der Waals surface area contributed by atoms with Gasteiger partial charge in [0.1, 0.15) is 6.54 Å². The van der Waals surface area contributed by atoms with Crippen LogP contribution < -0.4 is 10.9 Å². The van der Waals surface area contributed by atoms with Crippen molar-refractivity contribution in [2.45, 2.75) is 20.4 Å². The van der Waals surface area contributed by atoms with E-state index in [1.54, 1.807) is 25.4 Å². The molecule has 6 heteroatoms. The van der Waals surface area contributed by atoms with E-state index in [0.29, 0.717) is 0 Å². The number of nitrogens with one attached hydrogen (secondary N) is 1. The van der Waals surface area contributed by atoms with Gasteiger partial charge in [0.05, 0.1) is 6.54 Å². The van der Waals surface area contributed by atoms with Gasteiger partial charge in [-0.15, -0.1) is 0 Å². The lowest BCUT2D eigenvalue weighted by molar-refractivity contribution is -0.133. The standard InChI is InChI=1S/C18H21N3O3/c1-13-7-6-8-14(2)18(13)19-15(22)11-20(3)17(24)12-21-10-5-4-9-16(21)23/h4-10H,11-12H2,1-3H3,(H,19,22). The SMILES string of the molecule is Cc1cccc(C)c1NC(=O)CN(C)C(=O)Cn1ccccc1=O. The van der Waals surface area contributed by atoms with Crippen molar-refractivity contribution in [1.29, 1.82) is 0 Å². The second kappa shape index (κ2) is 7.59. The highest BCUT2D eigenvalue weighted by Crippen LogP contribution is 2.19. The van der Waals surface area contributed by atoms with Crippen molar-refractivity contribution in [2.75, 3.05) is 18.9 Å². The van der Waals surface area contributed by atoms with Gasteiger partial charge in [0.2, 0.25) is 11.8 Å². The van der Waals surface area contributed by atoms with Crippen LogP contribution >= 0.6 is 0 Å². The Balaban J connectivity index is 1.97. The maximum atomic E-state index is 12.2. The summed E-state index contributed by atoms with van der Waals surface area (Å²) in [5, 5.41) is 2.84. The highest BCUT2D eigenvalue weighted by Gasteiger charge is 2.15. The summed E-state index contributed by atoms with van der Waals surface area (Å²) in [6.45, 7) is 3.67. The van der Waals surface area contributed by atoms with E-state index in [-0.39, 0.29) is 30.5 Å². The number of aryl methyl sites for hydroxylation is 2. The summed E-state index contributed by atoms with van der Waals surface area (Å²) in [6, 6.07) is 10.4. The maximum absolute atomic E-state index is 12.2. The first-order valence-corrected chi connectivity index (χ1v) is 7.64. The van der Waals surface area contributed by atoms with Crippen molar-refractivity contribution < 1.29 is 9.59 Å². The van der Waals surface area contributed by atoms with Gasteiger partial charge in [-0.3, -0.25) is 14.4 Å². The van der Waals surface area contributed by atoms with Gasteiger partial charge in [-0.1, -0.05) is 24.3 Å². The lowest BCUT2D eigenvalue weighted by Gasteiger charge is -2.18. The fourth-order valence-corrected chi connectivity index (χ4v) is 2.35. The molecule has 24 heavy (non-hydrogen) atoms. The zero-order valence-electron chi connectivity index (χ0n) is 14.1. The van der Waals surface area contributed by atoms with Crippen LogP contribution in [-0.4, -0.2) is 34.9 Å². The third-order valence-electron chi connectivity index (χ3n) is 3.76. The zero-order chi connectivity index (χ0) is 17.7. The molecule has 0 atom stereocenters. The summed E-state index contributed by atoms with van der Waals surface area (Å²) in [7, 11) is 1.54. The Labute approximate surface area is 140 Å². The first kappa shape index (κ1) is 17.5. The first-order valence-electron chi connectivity index (χ1n) is 7.64. The molecular formula is C18H21N3O3. The van der Waals surface area contributed by atoms with E-state index >= 15 is 0 Å². The molecular weight excluding hydrogens is 306 g/mol. The number of para-hydroxylation sites is 1. The zero-order valence-corrected chi connectivity index (χ0v) is 14.1. The monoisotopic (exact) mass is 327 g/mol. The number of benzene rings is 1. The molecule has 0 aliphatic rings. The molecule has 0 spiro atoms.